The van der Waals surface area contributed by atoms with Crippen molar-refractivity contribution in [1.29, 1.82) is 0 Å². The van der Waals surface area contributed by atoms with Crippen LogP contribution in [0.1, 0.15) is 40.0 Å². The van der Waals surface area contributed by atoms with Gasteiger partial charge in [0.1, 0.15) is 5.82 Å². The van der Waals surface area contributed by atoms with Gasteiger partial charge in [-0.25, -0.2) is 4.39 Å². The van der Waals surface area contributed by atoms with E-state index in [-0.39, 0.29) is 16.9 Å². The van der Waals surface area contributed by atoms with E-state index in [1.54, 1.807) is 0 Å². The van der Waals surface area contributed by atoms with Gasteiger partial charge >= 0.3 is 0 Å². The number of nitrogens with one attached hydrogen (secondary N) is 1. The van der Waals surface area contributed by atoms with Crippen LogP contribution in [0, 0.1) is 12.7 Å². The van der Waals surface area contributed by atoms with E-state index in [9.17, 15) is 9.59 Å². The minimum Gasteiger partial charge on any atom is -0.366 e. The summed E-state index contributed by atoms with van der Waals surface area (Å²) in [7, 11) is 0. The SMILES string of the molecule is C=CC(=O)N1Cc2cccc(-c3c(F)cc(C(N)=O)c4[nH]c(C)cc34)c2C2(CC2)C1. The Morgan fingerprint density at radius 2 is 2.07 bits per heavy atom. The molecule has 2 aromatic carbocycles. The van der Waals surface area contributed by atoms with Crippen molar-refractivity contribution in [3.05, 3.63) is 71.2 Å². The Hall–Kier alpha value is -3.41. The largest absolute Gasteiger partial charge is 0.366 e. The summed E-state index contributed by atoms with van der Waals surface area (Å²) in [6.45, 7) is 6.57. The fourth-order valence-electron chi connectivity index (χ4n) is 4.98. The predicted molar refractivity (Wildman–Crippen MR) is 113 cm³/mol. The number of carbonyl (C=O) groups is 2. The summed E-state index contributed by atoms with van der Waals surface area (Å²) < 4.78 is 15.4. The van der Waals surface area contributed by atoms with E-state index in [2.05, 4.69) is 11.6 Å². The van der Waals surface area contributed by atoms with Crippen molar-refractivity contribution in [2.75, 3.05) is 6.54 Å². The molecule has 1 aliphatic carbocycles. The van der Waals surface area contributed by atoms with E-state index in [0.29, 0.717) is 29.6 Å². The second kappa shape index (κ2) is 6.29. The number of fused-ring (bicyclic) bond motifs is 3. The molecule has 2 heterocycles. The van der Waals surface area contributed by atoms with Gasteiger partial charge in [0.25, 0.3) is 5.91 Å². The van der Waals surface area contributed by atoms with Crippen molar-refractivity contribution in [2.24, 2.45) is 5.73 Å². The van der Waals surface area contributed by atoms with Gasteiger partial charge in [0, 0.05) is 35.1 Å². The van der Waals surface area contributed by atoms with E-state index in [1.807, 2.05) is 36.1 Å². The van der Waals surface area contributed by atoms with Gasteiger partial charge in [0.15, 0.2) is 0 Å². The molecule has 3 aromatic rings. The van der Waals surface area contributed by atoms with Gasteiger partial charge < -0.3 is 15.6 Å². The molecule has 1 spiro atoms. The third-order valence-corrected chi connectivity index (χ3v) is 6.41. The molecule has 5 nitrogen and oxygen atoms in total. The van der Waals surface area contributed by atoms with Crippen molar-refractivity contribution in [1.82, 2.24) is 9.88 Å². The van der Waals surface area contributed by atoms with Crippen LogP contribution < -0.4 is 5.73 Å². The number of nitrogens with zero attached hydrogens (tertiary/aromatic N) is 1. The number of halogens is 1. The third-order valence-electron chi connectivity index (χ3n) is 6.41. The van der Waals surface area contributed by atoms with E-state index in [4.69, 9.17) is 5.73 Å². The standard InChI is InChI=1S/C24H22FN3O2/c1-3-19(29)28-11-14-5-4-6-15(21(14)24(12-28)7-8-24)20-16-9-13(2)27-22(16)17(23(26)30)10-18(20)25/h3-6,9-10,27H,1,7-8,11-12H2,2H3,(H2,26,30). The maximum atomic E-state index is 15.4. The fourth-order valence-corrected chi connectivity index (χ4v) is 4.98. The van der Waals surface area contributed by atoms with Crippen LogP contribution in [0.3, 0.4) is 0 Å². The van der Waals surface area contributed by atoms with Crippen molar-refractivity contribution < 1.29 is 14.0 Å². The van der Waals surface area contributed by atoms with Gasteiger partial charge in [-0.05, 0) is 54.7 Å². The second-order valence-electron chi connectivity index (χ2n) is 8.40. The Morgan fingerprint density at radius 3 is 2.73 bits per heavy atom. The molecule has 3 N–H and O–H groups in total. The molecule has 1 fully saturated rings. The van der Waals surface area contributed by atoms with Crippen LogP contribution in [-0.4, -0.2) is 28.2 Å². The van der Waals surface area contributed by atoms with Crippen LogP contribution >= 0.6 is 0 Å². The minimum atomic E-state index is -0.667. The minimum absolute atomic E-state index is 0.0852. The first kappa shape index (κ1) is 18.6. The van der Waals surface area contributed by atoms with Gasteiger partial charge in [0.2, 0.25) is 5.91 Å². The summed E-state index contributed by atoms with van der Waals surface area (Å²) in [4.78, 5) is 29.1. The van der Waals surface area contributed by atoms with Gasteiger partial charge in [-0.1, -0.05) is 24.8 Å². The molecule has 0 unspecified atom stereocenters. The molecule has 1 aromatic heterocycles. The zero-order valence-electron chi connectivity index (χ0n) is 16.7. The number of amides is 2. The number of primary amides is 1. The van der Waals surface area contributed by atoms with Gasteiger partial charge in [0.05, 0.1) is 11.1 Å². The quantitative estimate of drug-likeness (QED) is 0.650. The molecule has 6 heteroatoms. The van der Waals surface area contributed by atoms with E-state index in [0.717, 1.165) is 35.2 Å². The number of H-pyrrole nitrogens is 1. The Kier molecular flexibility index (Phi) is 3.90. The van der Waals surface area contributed by atoms with Crippen molar-refractivity contribution in [3.8, 4) is 11.1 Å². The number of rotatable bonds is 3. The van der Waals surface area contributed by atoms with Crippen LogP contribution in [0.15, 0.2) is 43.0 Å². The monoisotopic (exact) mass is 403 g/mol. The molecule has 0 saturated heterocycles. The van der Waals surface area contributed by atoms with Crippen molar-refractivity contribution in [2.45, 2.75) is 31.7 Å². The van der Waals surface area contributed by atoms with Crippen molar-refractivity contribution >= 4 is 22.7 Å². The Balaban J connectivity index is 1.77. The zero-order valence-corrected chi connectivity index (χ0v) is 16.7. The highest BCUT2D eigenvalue weighted by Gasteiger charge is 2.51. The molecule has 2 amide bonds. The van der Waals surface area contributed by atoms with E-state index in [1.165, 1.54) is 12.1 Å². The second-order valence-corrected chi connectivity index (χ2v) is 8.40. The third kappa shape index (κ3) is 2.60. The molecule has 30 heavy (non-hydrogen) atoms. The molecular formula is C24H22FN3O2. The van der Waals surface area contributed by atoms with E-state index >= 15 is 4.39 Å². The van der Waals surface area contributed by atoms with Gasteiger partial charge in [-0.3, -0.25) is 9.59 Å². The van der Waals surface area contributed by atoms with Crippen LogP contribution in [-0.2, 0) is 16.8 Å². The summed E-state index contributed by atoms with van der Waals surface area (Å²) >= 11 is 0. The molecule has 1 aliphatic heterocycles. The maximum absolute atomic E-state index is 15.4. The molecule has 1 saturated carbocycles. The highest BCUT2D eigenvalue weighted by Crippen LogP contribution is 2.56. The van der Waals surface area contributed by atoms with Gasteiger partial charge in [-0.15, -0.1) is 0 Å². The first-order valence-corrected chi connectivity index (χ1v) is 10.0. The average molecular weight is 403 g/mol. The Labute approximate surface area is 173 Å². The lowest BCUT2D eigenvalue weighted by atomic mass is 9.80. The number of aryl methyl sites for hydroxylation is 1. The van der Waals surface area contributed by atoms with E-state index < -0.39 is 11.7 Å². The first-order chi connectivity index (χ1) is 14.3. The lowest BCUT2D eigenvalue weighted by molar-refractivity contribution is -0.127. The van der Waals surface area contributed by atoms with Crippen LogP contribution in [0.25, 0.3) is 22.0 Å². The molecule has 5 rings (SSSR count). The number of carbonyl (C=O) groups excluding carboxylic acids is 2. The number of aromatic amines is 1. The summed E-state index contributed by atoms with van der Waals surface area (Å²) in [5.74, 6) is -1.22. The Bertz CT molecular complexity index is 1250. The number of hydrogen-bond donors (Lipinski definition) is 2. The number of nitrogens with two attached hydrogens (primary N) is 1. The molecule has 2 aliphatic rings. The molecule has 0 atom stereocenters. The smallest absolute Gasteiger partial charge is 0.250 e. The summed E-state index contributed by atoms with van der Waals surface area (Å²) in [6, 6.07) is 8.93. The normalized spacial score (nSPS) is 16.5. The highest BCUT2D eigenvalue weighted by molar-refractivity contribution is 6.10. The van der Waals surface area contributed by atoms with Crippen LogP contribution in [0.5, 0.6) is 0 Å². The van der Waals surface area contributed by atoms with Gasteiger partial charge in [-0.2, -0.15) is 0 Å². The zero-order chi connectivity index (χ0) is 21.2. The number of aromatic nitrogens is 1. The lowest BCUT2D eigenvalue weighted by Gasteiger charge is -2.36. The lowest BCUT2D eigenvalue weighted by Crippen LogP contribution is -2.41. The highest BCUT2D eigenvalue weighted by atomic mass is 19.1. The molecular weight excluding hydrogens is 381 g/mol. The maximum Gasteiger partial charge on any atom is 0.250 e. The van der Waals surface area contributed by atoms with Crippen LogP contribution in [0.4, 0.5) is 4.39 Å². The number of benzene rings is 2. The topological polar surface area (TPSA) is 79.2 Å². The summed E-state index contributed by atoms with van der Waals surface area (Å²) in [6.07, 6.45) is 3.25. The average Bonchev–Trinajstić information content (AvgIpc) is 3.36. The number of hydrogen-bond acceptors (Lipinski definition) is 2. The van der Waals surface area contributed by atoms with Crippen molar-refractivity contribution in [3.63, 3.8) is 0 Å². The first-order valence-electron chi connectivity index (χ1n) is 10.0. The molecule has 152 valence electrons. The predicted octanol–water partition coefficient (Wildman–Crippen LogP) is 3.94. The fraction of sp³-hybridized carbons (Fsp3) is 0.250. The Morgan fingerprint density at radius 1 is 1.30 bits per heavy atom. The van der Waals surface area contributed by atoms with Crippen LogP contribution in [0.2, 0.25) is 0 Å². The summed E-state index contributed by atoms with van der Waals surface area (Å²) in [5.41, 5.74) is 10.3. The molecule has 0 bridgehead atoms. The summed E-state index contributed by atoms with van der Waals surface area (Å²) in [5, 5.41) is 0.648. The molecule has 0 radical (unpaired) electrons.